The number of anilines is 2. The highest BCUT2D eigenvalue weighted by atomic mass is 35.5. The summed E-state index contributed by atoms with van der Waals surface area (Å²) in [5, 5.41) is 21.5. The lowest BCUT2D eigenvalue weighted by Crippen LogP contribution is -2.35. The third kappa shape index (κ3) is 5.39. The molecule has 0 aliphatic carbocycles. The third-order valence-corrected chi connectivity index (χ3v) is 7.11. The van der Waals surface area contributed by atoms with Crippen LogP contribution in [0, 0.1) is 12.7 Å². The lowest BCUT2D eigenvalue weighted by atomic mass is 10.0. The number of hydrogen-bond acceptors (Lipinski definition) is 7. The number of nitrogens with zero attached hydrogens (tertiary/aromatic N) is 5. The van der Waals surface area contributed by atoms with Crippen LogP contribution in [0.2, 0.25) is 5.02 Å². The molecule has 38 heavy (non-hydrogen) atoms. The average Bonchev–Trinajstić information content (AvgIpc) is 3.44. The minimum absolute atomic E-state index is 0.0194. The summed E-state index contributed by atoms with van der Waals surface area (Å²) in [6, 6.07) is 13.2. The summed E-state index contributed by atoms with van der Waals surface area (Å²) in [5.41, 5.74) is 3.68. The van der Waals surface area contributed by atoms with E-state index in [2.05, 4.69) is 25.4 Å². The van der Waals surface area contributed by atoms with E-state index in [0.717, 1.165) is 25.2 Å². The Morgan fingerprint density at radius 1 is 1.13 bits per heavy atom. The van der Waals surface area contributed by atoms with Gasteiger partial charge in [-0.2, -0.15) is 0 Å². The molecular weight excluding hydrogens is 507 g/mol. The average molecular weight is 535 g/mol. The number of aromatic hydroxyl groups is 1. The number of likely N-dealkylation sites (N-methyl/N-ethyl adjacent to an activating group) is 1. The lowest BCUT2D eigenvalue weighted by Gasteiger charge is -2.21. The van der Waals surface area contributed by atoms with E-state index in [0.29, 0.717) is 34.4 Å². The number of carbonyl (C=O) groups is 1. The zero-order chi connectivity index (χ0) is 26.8. The first-order valence-corrected chi connectivity index (χ1v) is 12.9. The van der Waals surface area contributed by atoms with E-state index in [4.69, 9.17) is 11.6 Å². The molecule has 0 radical (unpaired) electrons. The van der Waals surface area contributed by atoms with E-state index in [-0.39, 0.29) is 22.4 Å². The van der Waals surface area contributed by atoms with Crippen LogP contribution >= 0.6 is 11.6 Å². The fraction of sp³-hybridized carbons (Fsp3) is 0.286. The van der Waals surface area contributed by atoms with Crippen LogP contribution in [0.25, 0.3) is 22.2 Å². The summed E-state index contributed by atoms with van der Waals surface area (Å²) < 4.78 is 14.6. The molecule has 1 fully saturated rings. The number of likely N-dealkylation sites (tertiary alicyclic amines) is 1. The molecule has 8 nitrogen and oxygen atoms in total. The standard InChI is InChI=1S/C28H28ClFN6O2/c1-17-15-19(24-21(29)9-10-23(37)25(24)30)16-22-26(17)32-28(34-33-22)31-20-7-5-18(6-8-20)27(38)35(2)13-14-36-11-3-4-12-36/h5-10,15-16,37H,3-4,11-14H2,1-2H3,(H,31,32,34). The molecule has 1 aliphatic heterocycles. The molecule has 0 atom stereocenters. The summed E-state index contributed by atoms with van der Waals surface area (Å²) in [4.78, 5) is 21.5. The zero-order valence-electron chi connectivity index (χ0n) is 21.2. The number of benzene rings is 3. The molecule has 2 N–H and O–H groups in total. The number of aromatic nitrogens is 3. The fourth-order valence-electron chi connectivity index (χ4n) is 4.66. The van der Waals surface area contributed by atoms with Crippen molar-refractivity contribution in [2.24, 2.45) is 0 Å². The molecule has 196 valence electrons. The van der Waals surface area contributed by atoms with Crippen LogP contribution in [0.3, 0.4) is 0 Å². The molecule has 1 aliphatic rings. The number of phenolic OH excluding ortho intramolecular Hbond substituents is 1. The van der Waals surface area contributed by atoms with Gasteiger partial charge in [-0.25, -0.2) is 9.37 Å². The van der Waals surface area contributed by atoms with Crippen molar-refractivity contribution in [1.82, 2.24) is 25.0 Å². The van der Waals surface area contributed by atoms with E-state index in [1.54, 1.807) is 41.3 Å². The molecule has 1 amide bonds. The van der Waals surface area contributed by atoms with E-state index in [1.165, 1.54) is 25.0 Å². The lowest BCUT2D eigenvalue weighted by molar-refractivity contribution is 0.0782. The van der Waals surface area contributed by atoms with Crippen LogP contribution in [0.15, 0.2) is 48.5 Å². The molecular formula is C28H28ClFN6O2. The molecule has 2 heterocycles. The molecule has 4 aromatic rings. The van der Waals surface area contributed by atoms with Gasteiger partial charge in [-0.3, -0.25) is 4.79 Å². The third-order valence-electron chi connectivity index (χ3n) is 6.79. The zero-order valence-corrected chi connectivity index (χ0v) is 22.0. The Kier molecular flexibility index (Phi) is 7.40. The maximum absolute atomic E-state index is 14.6. The van der Waals surface area contributed by atoms with Gasteiger partial charge < -0.3 is 20.2 Å². The van der Waals surface area contributed by atoms with E-state index < -0.39 is 11.6 Å². The van der Waals surface area contributed by atoms with Crippen molar-refractivity contribution in [3.8, 4) is 16.9 Å². The van der Waals surface area contributed by atoms with Crippen LogP contribution in [-0.2, 0) is 0 Å². The van der Waals surface area contributed by atoms with Gasteiger partial charge in [0.15, 0.2) is 11.6 Å². The molecule has 1 saturated heterocycles. The topological polar surface area (TPSA) is 94.5 Å². The summed E-state index contributed by atoms with van der Waals surface area (Å²) in [6.45, 7) is 5.64. The summed E-state index contributed by atoms with van der Waals surface area (Å²) in [7, 11) is 1.83. The van der Waals surface area contributed by atoms with Crippen molar-refractivity contribution in [2.75, 3.05) is 38.5 Å². The number of rotatable bonds is 7. The van der Waals surface area contributed by atoms with Gasteiger partial charge in [-0.1, -0.05) is 11.6 Å². The highest BCUT2D eigenvalue weighted by molar-refractivity contribution is 6.33. The van der Waals surface area contributed by atoms with Gasteiger partial charge in [0.1, 0.15) is 5.52 Å². The number of nitrogens with one attached hydrogen (secondary N) is 1. The Balaban J connectivity index is 1.30. The van der Waals surface area contributed by atoms with Crippen molar-refractivity contribution in [1.29, 1.82) is 0 Å². The van der Waals surface area contributed by atoms with Crippen LogP contribution in [0.4, 0.5) is 16.0 Å². The van der Waals surface area contributed by atoms with Crippen molar-refractivity contribution < 1.29 is 14.3 Å². The van der Waals surface area contributed by atoms with Crippen molar-refractivity contribution >= 4 is 40.2 Å². The molecule has 0 saturated carbocycles. The number of hydrogen-bond donors (Lipinski definition) is 2. The van der Waals surface area contributed by atoms with Crippen molar-refractivity contribution in [3.05, 3.63) is 70.5 Å². The maximum Gasteiger partial charge on any atom is 0.253 e. The first kappa shape index (κ1) is 25.8. The largest absolute Gasteiger partial charge is 0.505 e. The van der Waals surface area contributed by atoms with E-state index in [9.17, 15) is 14.3 Å². The second kappa shape index (κ2) is 10.9. The summed E-state index contributed by atoms with van der Waals surface area (Å²) >= 11 is 6.21. The van der Waals surface area contributed by atoms with Gasteiger partial charge in [0.05, 0.1) is 10.5 Å². The monoisotopic (exact) mass is 534 g/mol. The molecule has 10 heteroatoms. The first-order valence-electron chi connectivity index (χ1n) is 12.5. The van der Waals surface area contributed by atoms with Crippen LogP contribution in [-0.4, -0.2) is 69.2 Å². The molecule has 0 bridgehead atoms. The molecule has 1 aromatic heterocycles. The van der Waals surface area contributed by atoms with Gasteiger partial charge in [0.2, 0.25) is 5.95 Å². The molecule has 0 spiro atoms. The highest BCUT2D eigenvalue weighted by Crippen LogP contribution is 2.36. The predicted octanol–water partition coefficient (Wildman–Crippen LogP) is 5.41. The summed E-state index contributed by atoms with van der Waals surface area (Å²) in [6.07, 6.45) is 2.47. The van der Waals surface area contributed by atoms with Gasteiger partial charge >= 0.3 is 0 Å². The molecule has 0 unspecified atom stereocenters. The van der Waals surface area contributed by atoms with Crippen molar-refractivity contribution in [2.45, 2.75) is 19.8 Å². The van der Waals surface area contributed by atoms with Gasteiger partial charge in [-0.15, -0.1) is 10.2 Å². The van der Waals surface area contributed by atoms with Gasteiger partial charge in [0.25, 0.3) is 5.91 Å². The summed E-state index contributed by atoms with van der Waals surface area (Å²) in [5.74, 6) is -1.01. The Bertz CT molecular complexity index is 1490. The first-order chi connectivity index (χ1) is 18.3. The number of aryl methyl sites for hydroxylation is 1. The number of halogens is 2. The number of amides is 1. The van der Waals surface area contributed by atoms with E-state index >= 15 is 0 Å². The minimum Gasteiger partial charge on any atom is -0.505 e. The maximum atomic E-state index is 14.6. The number of fused-ring (bicyclic) bond motifs is 1. The Morgan fingerprint density at radius 3 is 2.61 bits per heavy atom. The van der Waals surface area contributed by atoms with E-state index in [1.807, 2.05) is 14.0 Å². The Morgan fingerprint density at radius 2 is 1.87 bits per heavy atom. The SMILES string of the molecule is Cc1cc(-c2c(Cl)ccc(O)c2F)cc2nnc(Nc3ccc(C(=O)N(C)CCN4CCCC4)cc3)nc12. The smallest absolute Gasteiger partial charge is 0.253 e. The van der Waals surface area contributed by atoms with Crippen LogP contribution in [0.1, 0.15) is 28.8 Å². The molecule has 3 aromatic carbocycles. The molecule has 5 rings (SSSR count). The van der Waals surface area contributed by atoms with Gasteiger partial charge in [0, 0.05) is 37.0 Å². The normalized spacial score (nSPS) is 13.7. The Hall–Kier alpha value is -3.82. The predicted molar refractivity (Wildman–Crippen MR) is 146 cm³/mol. The van der Waals surface area contributed by atoms with Crippen LogP contribution < -0.4 is 5.32 Å². The second-order valence-electron chi connectivity index (χ2n) is 9.53. The van der Waals surface area contributed by atoms with Crippen molar-refractivity contribution in [3.63, 3.8) is 0 Å². The van der Waals surface area contributed by atoms with Crippen LogP contribution in [0.5, 0.6) is 5.75 Å². The fourth-order valence-corrected chi connectivity index (χ4v) is 4.92. The second-order valence-corrected chi connectivity index (χ2v) is 9.94. The number of phenols is 1. The highest BCUT2D eigenvalue weighted by Gasteiger charge is 2.18. The Labute approximate surface area is 225 Å². The van der Waals surface area contributed by atoms with Gasteiger partial charge in [-0.05, 0) is 92.5 Å². The quantitative estimate of drug-likeness (QED) is 0.327. The number of carbonyl (C=O) groups excluding carboxylic acids is 1. The minimum atomic E-state index is -0.796.